The van der Waals surface area contributed by atoms with E-state index in [9.17, 15) is 0 Å². The monoisotopic (exact) mass is 381 g/mol. The third-order valence-corrected chi connectivity index (χ3v) is 6.10. The predicted octanol–water partition coefficient (Wildman–Crippen LogP) is 3.65. The van der Waals surface area contributed by atoms with E-state index in [2.05, 4.69) is 47.5 Å². The molecule has 5 rings (SSSR count). The summed E-state index contributed by atoms with van der Waals surface area (Å²) in [5.41, 5.74) is 5.91. The maximum atomic E-state index is 9.14. The van der Waals surface area contributed by atoms with Crippen LogP contribution in [-0.2, 0) is 0 Å². The smallest absolute Gasteiger partial charge is 0.225 e. The number of benzene rings is 2. The molecule has 144 valence electrons. The first-order valence-electron chi connectivity index (χ1n) is 10.1. The largest absolute Gasteiger partial charge is 0.340 e. The van der Waals surface area contributed by atoms with Gasteiger partial charge in [-0.05, 0) is 36.5 Å². The molecule has 5 heteroatoms. The van der Waals surface area contributed by atoms with Gasteiger partial charge in [-0.1, -0.05) is 42.0 Å². The van der Waals surface area contributed by atoms with Crippen LogP contribution in [0, 0.1) is 30.1 Å². The van der Waals surface area contributed by atoms with E-state index < -0.39 is 0 Å². The van der Waals surface area contributed by atoms with E-state index in [4.69, 9.17) is 15.2 Å². The van der Waals surface area contributed by atoms with Gasteiger partial charge in [0.1, 0.15) is 0 Å². The van der Waals surface area contributed by atoms with Crippen LogP contribution >= 0.6 is 0 Å². The Morgan fingerprint density at radius 2 is 1.62 bits per heavy atom. The number of hydrogen-bond acceptors (Lipinski definition) is 5. The second-order valence-corrected chi connectivity index (χ2v) is 8.07. The van der Waals surface area contributed by atoms with Crippen molar-refractivity contribution in [1.29, 1.82) is 5.26 Å². The van der Waals surface area contributed by atoms with E-state index in [-0.39, 0.29) is 0 Å². The predicted molar refractivity (Wildman–Crippen MR) is 114 cm³/mol. The molecule has 3 aromatic rings. The van der Waals surface area contributed by atoms with E-state index in [1.807, 2.05) is 30.5 Å². The van der Waals surface area contributed by atoms with Gasteiger partial charge in [0.15, 0.2) is 0 Å². The molecular weight excluding hydrogens is 358 g/mol. The van der Waals surface area contributed by atoms with Crippen molar-refractivity contribution >= 4 is 5.95 Å². The van der Waals surface area contributed by atoms with Gasteiger partial charge in [0.05, 0.1) is 17.3 Å². The summed E-state index contributed by atoms with van der Waals surface area (Å²) >= 11 is 0. The highest BCUT2D eigenvalue weighted by Gasteiger charge is 2.37. The molecule has 0 amide bonds. The number of nitrogens with one attached hydrogen (secondary N) is 1. The van der Waals surface area contributed by atoms with Crippen LogP contribution in [-0.4, -0.2) is 36.1 Å². The third kappa shape index (κ3) is 3.37. The lowest BCUT2D eigenvalue weighted by molar-refractivity contribution is 0.533. The fraction of sp³-hybridized carbons (Fsp3) is 0.292. The lowest BCUT2D eigenvalue weighted by atomic mass is 9.99. The molecule has 0 spiro atoms. The number of anilines is 1. The molecule has 5 nitrogen and oxygen atoms in total. The summed E-state index contributed by atoms with van der Waals surface area (Å²) in [5.74, 6) is 2.18. The lowest BCUT2D eigenvalue weighted by Gasteiger charge is -2.19. The van der Waals surface area contributed by atoms with Crippen LogP contribution in [0.5, 0.6) is 0 Å². The Balaban J connectivity index is 1.57. The topological polar surface area (TPSA) is 64.8 Å². The Morgan fingerprint density at radius 3 is 2.28 bits per heavy atom. The number of hydrogen-bond donors (Lipinski definition) is 1. The van der Waals surface area contributed by atoms with Crippen molar-refractivity contribution in [2.75, 3.05) is 31.1 Å². The molecule has 1 N–H and O–H groups in total. The van der Waals surface area contributed by atoms with Gasteiger partial charge in [0, 0.05) is 43.5 Å². The van der Waals surface area contributed by atoms with Gasteiger partial charge >= 0.3 is 0 Å². The fourth-order valence-electron chi connectivity index (χ4n) is 4.41. The first kappa shape index (κ1) is 17.8. The van der Waals surface area contributed by atoms with Crippen molar-refractivity contribution in [3.8, 4) is 28.5 Å². The van der Waals surface area contributed by atoms with Gasteiger partial charge < -0.3 is 10.2 Å². The van der Waals surface area contributed by atoms with Crippen LogP contribution in [0.1, 0.15) is 11.1 Å². The normalized spacial score (nSPS) is 20.5. The van der Waals surface area contributed by atoms with Crippen molar-refractivity contribution in [3.05, 3.63) is 65.9 Å². The molecule has 0 saturated carbocycles. The average molecular weight is 381 g/mol. The van der Waals surface area contributed by atoms with Gasteiger partial charge in [-0.2, -0.15) is 5.26 Å². The van der Waals surface area contributed by atoms with Gasteiger partial charge in [-0.25, -0.2) is 9.97 Å². The summed E-state index contributed by atoms with van der Waals surface area (Å²) in [4.78, 5) is 12.1. The van der Waals surface area contributed by atoms with Gasteiger partial charge in [-0.3, -0.25) is 0 Å². The number of aryl methyl sites for hydroxylation is 1. The quantitative estimate of drug-likeness (QED) is 0.750. The van der Waals surface area contributed by atoms with Crippen molar-refractivity contribution in [2.24, 2.45) is 11.8 Å². The maximum absolute atomic E-state index is 9.14. The maximum Gasteiger partial charge on any atom is 0.225 e. The molecule has 2 aliphatic heterocycles. The van der Waals surface area contributed by atoms with Crippen molar-refractivity contribution < 1.29 is 0 Å². The summed E-state index contributed by atoms with van der Waals surface area (Å²) in [5, 5.41) is 12.6. The first-order chi connectivity index (χ1) is 14.2. The zero-order valence-electron chi connectivity index (χ0n) is 16.5. The number of aromatic nitrogens is 2. The number of nitriles is 1. The van der Waals surface area contributed by atoms with Crippen LogP contribution in [0.3, 0.4) is 0 Å². The lowest BCUT2D eigenvalue weighted by Crippen LogP contribution is -2.27. The van der Waals surface area contributed by atoms with E-state index in [0.717, 1.165) is 54.5 Å². The van der Waals surface area contributed by atoms with Gasteiger partial charge in [0.25, 0.3) is 0 Å². The summed E-state index contributed by atoms with van der Waals surface area (Å²) in [6.07, 6.45) is 1.95. The molecule has 29 heavy (non-hydrogen) atoms. The highest BCUT2D eigenvalue weighted by Crippen LogP contribution is 2.34. The van der Waals surface area contributed by atoms with Crippen LogP contribution < -0.4 is 10.2 Å². The molecule has 0 radical (unpaired) electrons. The van der Waals surface area contributed by atoms with E-state index in [1.165, 1.54) is 5.56 Å². The Hall–Kier alpha value is -3.23. The number of nitrogens with zero attached hydrogens (tertiary/aromatic N) is 4. The molecule has 0 bridgehead atoms. The van der Waals surface area contributed by atoms with Crippen LogP contribution in [0.2, 0.25) is 0 Å². The third-order valence-electron chi connectivity index (χ3n) is 6.10. The standard InChI is InChI=1S/C24H23N5/c1-16-2-6-18(7-3-16)22-13-27-24(29-14-20-11-26-12-21(20)15-29)28-23(22)19-8-4-17(10-25)5-9-19/h2-9,13,20-21,26H,11-12,14-15H2,1H3/t20-,21?/m1/s1. The molecule has 2 saturated heterocycles. The number of rotatable bonds is 3. The minimum Gasteiger partial charge on any atom is -0.340 e. The molecule has 0 aliphatic carbocycles. The van der Waals surface area contributed by atoms with Gasteiger partial charge in [0.2, 0.25) is 5.95 Å². The summed E-state index contributed by atoms with van der Waals surface area (Å²) < 4.78 is 0. The van der Waals surface area contributed by atoms with Crippen LogP contribution in [0.15, 0.2) is 54.7 Å². The summed E-state index contributed by atoms with van der Waals surface area (Å²) in [6, 6.07) is 18.3. The van der Waals surface area contributed by atoms with Crippen molar-refractivity contribution in [2.45, 2.75) is 6.92 Å². The Labute approximate surface area is 171 Å². The zero-order chi connectivity index (χ0) is 19.8. The molecule has 2 aromatic carbocycles. The second-order valence-electron chi connectivity index (χ2n) is 8.07. The number of fused-ring (bicyclic) bond motifs is 1. The molecule has 1 aromatic heterocycles. The Bertz CT molecular complexity index is 1050. The highest BCUT2D eigenvalue weighted by molar-refractivity contribution is 5.81. The molecular formula is C24H23N5. The zero-order valence-corrected chi connectivity index (χ0v) is 16.5. The van der Waals surface area contributed by atoms with Crippen LogP contribution in [0.25, 0.3) is 22.4 Å². The summed E-state index contributed by atoms with van der Waals surface area (Å²) in [7, 11) is 0. The first-order valence-corrected chi connectivity index (χ1v) is 10.1. The second kappa shape index (κ2) is 7.31. The van der Waals surface area contributed by atoms with E-state index >= 15 is 0 Å². The van der Waals surface area contributed by atoms with Crippen LogP contribution in [0.4, 0.5) is 5.95 Å². The molecule has 2 fully saturated rings. The summed E-state index contributed by atoms with van der Waals surface area (Å²) in [6.45, 7) is 6.28. The highest BCUT2D eigenvalue weighted by atomic mass is 15.3. The fourth-order valence-corrected chi connectivity index (χ4v) is 4.41. The molecule has 2 aliphatic rings. The Morgan fingerprint density at radius 1 is 0.966 bits per heavy atom. The molecule has 3 heterocycles. The molecule has 1 unspecified atom stereocenters. The minimum atomic E-state index is 0.653. The minimum absolute atomic E-state index is 0.653. The molecule has 2 atom stereocenters. The van der Waals surface area contributed by atoms with E-state index in [0.29, 0.717) is 17.4 Å². The van der Waals surface area contributed by atoms with Crippen molar-refractivity contribution in [3.63, 3.8) is 0 Å². The van der Waals surface area contributed by atoms with E-state index in [1.54, 1.807) is 0 Å². The van der Waals surface area contributed by atoms with Crippen molar-refractivity contribution in [1.82, 2.24) is 15.3 Å². The average Bonchev–Trinajstić information content (AvgIpc) is 3.37. The Kier molecular flexibility index (Phi) is 4.49. The SMILES string of the molecule is Cc1ccc(-c2cnc(N3CC4CNC[C@@H]4C3)nc2-c2ccc(C#N)cc2)cc1. The van der Waals surface area contributed by atoms with Gasteiger partial charge in [-0.15, -0.1) is 0 Å².